The molecule has 0 spiro atoms. The molecule has 2 aromatic rings. The van der Waals surface area contributed by atoms with Gasteiger partial charge in [-0.15, -0.1) is 0 Å². The first kappa shape index (κ1) is 8.96. The van der Waals surface area contributed by atoms with Crippen molar-refractivity contribution in [3.63, 3.8) is 0 Å². The third-order valence-electron chi connectivity index (χ3n) is 2.10. The van der Waals surface area contributed by atoms with Crippen LogP contribution in [0.1, 0.15) is 17.1 Å². The molecule has 0 aliphatic heterocycles. The van der Waals surface area contributed by atoms with Crippen molar-refractivity contribution >= 4 is 0 Å². The van der Waals surface area contributed by atoms with Gasteiger partial charge in [0.1, 0.15) is 5.82 Å². The summed E-state index contributed by atoms with van der Waals surface area (Å²) in [5, 5.41) is 10.1. The van der Waals surface area contributed by atoms with E-state index >= 15 is 0 Å². The molecule has 2 rings (SSSR count). The lowest BCUT2D eigenvalue weighted by molar-refractivity contribution is 0.667. The molecule has 5 nitrogen and oxygen atoms in total. The average Bonchev–Trinajstić information content (AvgIpc) is 2.78. The highest BCUT2D eigenvalue weighted by Gasteiger charge is 1.99. The van der Waals surface area contributed by atoms with Gasteiger partial charge in [0.2, 0.25) is 0 Å². The third kappa shape index (κ3) is 2.00. The van der Waals surface area contributed by atoms with E-state index in [0.717, 1.165) is 24.6 Å². The van der Waals surface area contributed by atoms with Crippen LogP contribution >= 0.6 is 0 Å². The molecule has 0 aliphatic carbocycles. The normalized spacial score (nSPS) is 10.6. The molecule has 3 N–H and O–H groups in total. The van der Waals surface area contributed by atoms with Crippen molar-refractivity contribution in [2.45, 2.75) is 20.0 Å². The van der Waals surface area contributed by atoms with E-state index < -0.39 is 0 Å². The summed E-state index contributed by atoms with van der Waals surface area (Å²) >= 11 is 0. The van der Waals surface area contributed by atoms with Crippen LogP contribution in [-0.4, -0.2) is 20.2 Å². The molecule has 0 radical (unpaired) electrons. The predicted octanol–water partition coefficient (Wildman–Crippen LogP) is 0.731. The van der Waals surface area contributed by atoms with E-state index in [1.807, 2.05) is 19.3 Å². The van der Waals surface area contributed by atoms with E-state index in [9.17, 15) is 0 Å². The van der Waals surface area contributed by atoms with Crippen molar-refractivity contribution in [2.75, 3.05) is 0 Å². The van der Waals surface area contributed by atoms with Crippen molar-refractivity contribution < 1.29 is 0 Å². The first-order valence-electron chi connectivity index (χ1n) is 4.54. The summed E-state index contributed by atoms with van der Waals surface area (Å²) in [5.41, 5.74) is 2.30. The number of nitrogens with one attached hydrogen (secondary N) is 3. The molecular formula is C9H13N5. The number of aromatic amines is 2. The molecule has 2 heterocycles. The van der Waals surface area contributed by atoms with Crippen LogP contribution in [-0.2, 0) is 13.1 Å². The monoisotopic (exact) mass is 191 g/mol. The maximum absolute atomic E-state index is 4.12. The van der Waals surface area contributed by atoms with Gasteiger partial charge in [0.25, 0.3) is 0 Å². The van der Waals surface area contributed by atoms with Crippen molar-refractivity contribution in [2.24, 2.45) is 0 Å². The lowest BCUT2D eigenvalue weighted by atomic mass is 10.2. The first-order valence-corrected chi connectivity index (χ1v) is 4.54. The molecule has 2 aromatic heterocycles. The lowest BCUT2D eigenvalue weighted by Gasteiger charge is -2.00. The van der Waals surface area contributed by atoms with Crippen molar-refractivity contribution in [3.8, 4) is 0 Å². The Morgan fingerprint density at radius 3 is 3.00 bits per heavy atom. The summed E-state index contributed by atoms with van der Waals surface area (Å²) in [6.07, 6.45) is 5.41. The van der Waals surface area contributed by atoms with Crippen LogP contribution in [0.15, 0.2) is 18.6 Å². The van der Waals surface area contributed by atoms with E-state index in [2.05, 4.69) is 25.5 Å². The minimum atomic E-state index is 0.748. The average molecular weight is 191 g/mol. The highest BCUT2D eigenvalue weighted by Crippen LogP contribution is 2.01. The van der Waals surface area contributed by atoms with Crippen LogP contribution in [0.5, 0.6) is 0 Å². The van der Waals surface area contributed by atoms with Gasteiger partial charge >= 0.3 is 0 Å². The summed E-state index contributed by atoms with van der Waals surface area (Å²) in [5.74, 6) is 0.950. The summed E-state index contributed by atoms with van der Waals surface area (Å²) in [7, 11) is 0. The van der Waals surface area contributed by atoms with Gasteiger partial charge in [-0.1, -0.05) is 0 Å². The first-order chi connectivity index (χ1) is 6.86. The predicted molar refractivity (Wildman–Crippen MR) is 52.5 cm³/mol. The fourth-order valence-corrected chi connectivity index (χ4v) is 1.26. The molecule has 0 aromatic carbocycles. The maximum atomic E-state index is 4.12. The molecule has 0 saturated carbocycles. The Morgan fingerprint density at radius 2 is 2.36 bits per heavy atom. The van der Waals surface area contributed by atoms with Crippen molar-refractivity contribution in [1.82, 2.24) is 25.5 Å². The van der Waals surface area contributed by atoms with Gasteiger partial charge in [-0.2, -0.15) is 5.10 Å². The highest BCUT2D eigenvalue weighted by molar-refractivity contribution is 5.13. The molecule has 0 bridgehead atoms. The topological polar surface area (TPSA) is 69.4 Å². The minimum absolute atomic E-state index is 0.748. The SMILES string of the molecule is Cc1[nH]ncc1CNCc1ncc[nH]1. The Bertz CT molecular complexity index is 376. The Labute approximate surface area is 82.0 Å². The summed E-state index contributed by atoms with van der Waals surface area (Å²) in [6, 6.07) is 0. The smallest absolute Gasteiger partial charge is 0.120 e. The Kier molecular flexibility index (Phi) is 2.60. The Morgan fingerprint density at radius 1 is 1.43 bits per heavy atom. The molecule has 0 saturated heterocycles. The number of hydrogen-bond donors (Lipinski definition) is 3. The molecular weight excluding hydrogens is 178 g/mol. The van der Waals surface area contributed by atoms with Crippen LogP contribution in [0.25, 0.3) is 0 Å². The largest absolute Gasteiger partial charge is 0.348 e. The van der Waals surface area contributed by atoms with Crippen LogP contribution < -0.4 is 5.32 Å². The van der Waals surface area contributed by atoms with Gasteiger partial charge in [0, 0.05) is 30.2 Å². The zero-order valence-electron chi connectivity index (χ0n) is 8.04. The number of rotatable bonds is 4. The zero-order valence-corrected chi connectivity index (χ0v) is 8.04. The fraction of sp³-hybridized carbons (Fsp3) is 0.333. The van der Waals surface area contributed by atoms with E-state index in [1.54, 1.807) is 6.20 Å². The third-order valence-corrected chi connectivity index (χ3v) is 2.10. The Balaban J connectivity index is 1.81. The van der Waals surface area contributed by atoms with E-state index in [-0.39, 0.29) is 0 Å². The number of imidazole rings is 1. The number of nitrogens with zero attached hydrogens (tertiary/aromatic N) is 2. The van der Waals surface area contributed by atoms with Gasteiger partial charge in [-0.05, 0) is 6.92 Å². The summed E-state index contributed by atoms with van der Waals surface area (Å²) < 4.78 is 0. The van der Waals surface area contributed by atoms with Crippen LogP contribution in [0, 0.1) is 6.92 Å². The van der Waals surface area contributed by atoms with Gasteiger partial charge in [-0.25, -0.2) is 4.98 Å². The van der Waals surface area contributed by atoms with Crippen LogP contribution in [0.2, 0.25) is 0 Å². The molecule has 0 atom stereocenters. The molecule has 5 heteroatoms. The quantitative estimate of drug-likeness (QED) is 0.667. The fourth-order valence-electron chi connectivity index (χ4n) is 1.26. The maximum Gasteiger partial charge on any atom is 0.120 e. The molecule has 0 fully saturated rings. The molecule has 0 unspecified atom stereocenters. The van der Waals surface area contributed by atoms with E-state index in [0.29, 0.717) is 0 Å². The summed E-state index contributed by atoms with van der Waals surface area (Å²) in [6.45, 7) is 3.57. The minimum Gasteiger partial charge on any atom is -0.348 e. The Hall–Kier alpha value is -1.62. The van der Waals surface area contributed by atoms with Crippen molar-refractivity contribution in [1.29, 1.82) is 0 Å². The van der Waals surface area contributed by atoms with Crippen LogP contribution in [0.3, 0.4) is 0 Å². The molecule has 0 aliphatic rings. The summed E-state index contributed by atoms with van der Waals surface area (Å²) in [4.78, 5) is 7.15. The molecule has 0 amide bonds. The molecule has 74 valence electrons. The number of hydrogen-bond acceptors (Lipinski definition) is 3. The van der Waals surface area contributed by atoms with Gasteiger partial charge in [0.15, 0.2) is 0 Å². The van der Waals surface area contributed by atoms with E-state index in [4.69, 9.17) is 0 Å². The zero-order chi connectivity index (χ0) is 9.80. The van der Waals surface area contributed by atoms with Gasteiger partial charge in [-0.3, -0.25) is 5.10 Å². The van der Waals surface area contributed by atoms with Crippen molar-refractivity contribution in [3.05, 3.63) is 35.7 Å². The lowest BCUT2D eigenvalue weighted by Crippen LogP contribution is -2.13. The number of aromatic nitrogens is 4. The second kappa shape index (κ2) is 4.06. The van der Waals surface area contributed by atoms with Gasteiger partial charge in [0.05, 0.1) is 12.7 Å². The highest BCUT2D eigenvalue weighted by atomic mass is 15.1. The van der Waals surface area contributed by atoms with Gasteiger partial charge < -0.3 is 10.3 Å². The standard InChI is InChI=1S/C9H13N5/c1-7-8(5-13-14-7)4-10-6-9-11-2-3-12-9/h2-3,5,10H,4,6H2,1H3,(H,11,12)(H,13,14). The van der Waals surface area contributed by atoms with Crippen LogP contribution in [0.4, 0.5) is 0 Å². The second-order valence-electron chi connectivity index (χ2n) is 3.16. The molecule has 14 heavy (non-hydrogen) atoms. The number of aryl methyl sites for hydroxylation is 1. The number of H-pyrrole nitrogens is 2. The van der Waals surface area contributed by atoms with E-state index in [1.165, 1.54) is 5.56 Å². The second-order valence-corrected chi connectivity index (χ2v) is 3.16.